The molecule has 104 valence electrons. The number of thiazole rings is 1. The average Bonchev–Trinajstić information content (AvgIpc) is 2.74. The number of nitrogens with two attached hydrogens (primary N) is 1. The zero-order valence-corrected chi connectivity index (χ0v) is 11.8. The molecule has 1 amide bonds. The van der Waals surface area contributed by atoms with E-state index in [0.29, 0.717) is 12.8 Å². The van der Waals surface area contributed by atoms with Crippen LogP contribution in [0.15, 0.2) is 11.4 Å². The van der Waals surface area contributed by atoms with E-state index in [1.807, 2.05) is 13.8 Å². The summed E-state index contributed by atoms with van der Waals surface area (Å²) >= 11 is 1.55. The first-order valence-electron chi connectivity index (χ1n) is 6.21. The normalized spacial score (nSPS) is 19.6. The standard InChI is InChI=1S/C12H18N4O2S/c1-7-6-14-9(19-7)8(2)15-11(17)12(4-3-5-12)10(13)16-18/h6,8,18H,3-5H2,1-2H3,(H2,13,16)(H,15,17). The van der Waals surface area contributed by atoms with Gasteiger partial charge >= 0.3 is 0 Å². The fourth-order valence-corrected chi connectivity index (χ4v) is 2.97. The summed E-state index contributed by atoms with van der Waals surface area (Å²) in [5.41, 5.74) is 4.82. The highest BCUT2D eigenvalue weighted by molar-refractivity contribution is 7.11. The number of aromatic nitrogens is 1. The zero-order valence-electron chi connectivity index (χ0n) is 11.0. The van der Waals surface area contributed by atoms with Gasteiger partial charge in [0.2, 0.25) is 5.91 Å². The molecule has 7 heteroatoms. The summed E-state index contributed by atoms with van der Waals surface area (Å²) in [7, 11) is 0. The molecule has 19 heavy (non-hydrogen) atoms. The third-order valence-electron chi connectivity index (χ3n) is 3.60. The van der Waals surface area contributed by atoms with Gasteiger partial charge in [-0.25, -0.2) is 4.98 Å². The van der Waals surface area contributed by atoms with Gasteiger partial charge in [0.1, 0.15) is 10.4 Å². The fraction of sp³-hybridized carbons (Fsp3) is 0.583. The van der Waals surface area contributed by atoms with Gasteiger partial charge in [-0.05, 0) is 26.7 Å². The quantitative estimate of drug-likeness (QED) is 0.337. The van der Waals surface area contributed by atoms with Gasteiger partial charge in [-0.2, -0.15) is 0 Å². The van der Waals surface area contributed by atoms with Crippen molar-refractivity contribution in [3.05, 3.63) is 16.1 Å². The highest BCUT2D eigenvalue weighted by Gasteiger charge is 2.48. The minimum absolute atomic E-state index is 0.00114. The first kappa shape index (κ1) is 13.8. The molecule has 1 aliphatic rings. The van der Waals surface area contributed by atoms with Gasteiger partial charge in [0.05, 0.1) is 6.04 Å². The average molecular weight is 282 g/mol. The zero-order chi connectivity index (χ0) is 14.0. The van der Waals surface area contributed by atoms with E-state index in [0.717, 1.165) is 16.3 Å². The monoisotopic (exact) mass is 282 g/mol. The maximum absolute atomic E-state index is 12.3. The molecule has 0 spiro atoms. The highest BCUT2D eigenvalue weighted by atomic mass is 32.1. The first-order chi connectivity index (χ1) is 8.99. The maximum atomic E-state index is 12.3. The van der Waals surface area contributed by atoms with Crippen molar-refractivity contribution in [1.29, 1.82) is 0 Å². The number of carbonyl (C=O) groups is 1. The van der Waals surface area contributed by atoms with Crippen molar-refractivity contribution in [2.75, 3.05) is 0 Å². The molecule has 0 radical (unpaired) electrons. The SMILES string of the molecule is Cc1cnc(C(C)NC(=O)C2(/C(N)=N/O)CCC2)s1. The Balaban J connectivity index is 2.08. The molecule has 1 unspecified atom stereocenters. The number of amides is 1. The molecule has 0 bridgehead atoms. The number of aryl methyl sites for hydroxylation is 1. The molecule has 1 atom stereocenters. The molecule has 1 aromatic rings. The Bertz CT molecular complexity index is 508. The van der Waals surface area contributed by atoms with E-state index in [4.69, 9.17) is 10.9 Å². The Morgan fingerprint density at radius 3 is 2.79 bits per heavy atom. The second kappa shape index (κ2) is 5.16. The lowest BCUT2D eigenvalue weighted by Crippen LogP contribution is -2.54. The van der Waals surface area contributed by atoms with Crippen LogP contribution in [0.25, 0.3) is 0 Å². The van der Waals surface area contributed by atoms with Crippen LogP contribution in [0.1, 0.15) is 42.1 Å². The molecule has 1 heterocycles. The number of hydrogen-bond donors (Lipinski definition) is 3. The Hall–Kier alpha value is -1.63. The van der Waals surface area contributed by atoms with E-state index in [2.05, 4.69) is 15.5 Å². The van der Waals surface area contributed by atoms with Gasteiger partial charge in [-0.3, -0.25) is 4.79 Å². The van der Waals surface area contributed by atoms with Crippen molar-refractivity contribution in [1.82, 2.24) is 10.3 Å². The lowest BCUT2D eigenvalue weighted by molar-refractivity contribution is -0.131. The molecule has 6 nitrogen and oxygen atoms in total. The molecular weight excluding hydrogens is 264 g/mol. The van der Waals surface area contributed by atoms with Crippen LogP contribution < -0.4 is 11.1 Å². The van der Waals surface area contributed by atoms with E-state index < -0.39 is 5.41 Å². The van der Waals surface area contributed by atoms with E-state index in [1.165, 1.54) is 0 Å². The number of rotatable bonds is 4. The first-order valence-corrected chi connectivity index (χ1v) is 7.02. The summed E-state index contributed by atoms with van der Waals surface area (Å²) in [6.45, 7) is 3.86. The summed E-state index contributed by atoms with van der Waals surface area (Å²) in [6.07, 6.45) is 3.94. The molecule has 0 aromatic carbocycles. The van der Waals surface area contributed by atoms with Crippen LogP contribution in [0.2, 0.25) is 0 Å². The summed E-state index contributed by atoms with van der Waals surface area (Å²) in [4.78, 5) is 17.7. The minimum atomic E-state index is -0.838. The largest absolute Gasteiger partial charge is 0.409 e. The van der Waals surface area contributed by atoms with Gasteiger partial charge in [0.25, 0.3) is 0 Å². The fourth-order valence-electron chi connectivity index (χ4n) is 2.19. The Morgan fingerprint density at radius 1 is 1.68 bits per heavy atom. The molecule has 1 aromatic heterocycles. The van der Waals surface area contributed by atoms with Crippen LogP contribution in [0.4, 0.5) is 0 Å². The van der Waals surface area contributed by atoms with Gasteiger partial charge < -0.3 is 16.3 Å². The van der Waals surface area contributed by atoms with Crippen molar-refractivity contribution in [3.8, 4) is 0 Å². The van der Waals surface area contributed by atoms with Crippen LogP contribution in [-0.4, -0.2) is 21.9 Å². The lowest BCUT2D eigenvalue weighted by Gasteiger charge is -2.39. The number of nitrogens with one attached hydrogen (secondary N) is 1. The molecule has 4 N–H and O–H groups in total. The van der Waals surface area contributed by atoms with E-state index in [9.17, 15) is 4.79 Å². The lowest BCUT2D eigenvalue weighted by atomic mass is 9.67. The van der Waals surface area contributed by atoms with Gasteiger partial charge in [-0.15, -0.1) is 11.3 Å². The number of nitrogens with zero attached hydrogens (tertiary/aromatic N) is 2. The second-order valence-electron chi connectivity index (χ2n) is 4.93. The van der Waals surface area contributed by atoms with Crippen LogP contribution in [0, 0.1) is 12.3 Å². The van der Waals surface area contributed by atoms with Crippen LogP contribution in [-0.2, 0) is 4.79 Å². The van der Waals surface area contributed by atoms with E-state index >= 15 is 0 Å². The summed E-state index contributed by atoms with van der Waals surface area (Å²) in [5.74, 6) is -0.187. The van der Waals surface area contributed by atoms with Gasteiger partial charge in [-0.1, -0.05) is 11.6 Å². The second-order valence-corrected chi connectivity index (χ2v) is 6.19. The van der Waals surface area contributed by atoms with Crippen molar-refractivity contribution < 1.29 is 10.0 Å². The smallest absolute Gasteiger partial charge is 0.234 e. The van der Waals surface area contributed by atoms with Crippen molar-refractivity contribution >= 4 is 23.1 Å². The third kappa shape index (κ3) is 2.42. The van der Waals surface area contributed by atoms with Gasteiger partial charge in [0.15, 0.2) is 5.84 Å². The topological polar surface area (TPSA) is 101 Å². The Kier molecular flexibility index (Phi) is 3.75. The summed E-state index contributed by atoms with van der Waals surface area (Å²) in [6, 6.07) is -0.171. The summed E-state index contributed by atoms with van der Waals surface area (Å²) < 4.78 is 0. The molecule has 2 rings (SSSR count). The van der Waals surface area contributed by atoms with Crippen LogP contribution in [0.5, 0.6) is 0 Å². The summed E-state index contributed by atoms with van der Waals surface area (Å²) in [5, 5.41) is 15.6. The Morgan fingerprint density at radius 2 is 2.37 bits per heavy atom. The molecule has 0 aliphatic heterocycles. The van der Waals surface area contributed by atoms with Gasteiger partial charge in [0, 0.05) is 11.1 Å². The molecule has 0 saturated heterocycles. The minimum Gasteiger partial charge on any atom is -0.409 e. The number of oxime groups is 1. The van der Waals surface area contributed by atoms with Crippen LogP contribution >= 0.6 is 11.3 Å². The van der Waals surface area contributed by atoms with Crippen molar-refractivity contribution in [3.63, 3.8) is 0 Å². The molecule has 1 saturated carbocycles. The maximum Gasteiger partial charge on any atom is 0.234 e. The van der Waals surface area contributed by atoms with Crippen molar-refractivity contribution in [2.24, 2.45) is 16.3 Å². The number of hydrogen-bond acceptors (Lipinski definition) is 5. The Labute approximate surface area is 115 Å². The molecular formula is C12H18N4O2S. The number of amidine groups is 1. The molecule has 1 aliphatic carbocycles. The van der Waals surface area contributed by atoms with Crippen molar-refractivity contribution in [2.45, 2.75) is 39.2 Å². The van der Waals surface area contributed by atoms with E-state index in [-0.39, 0.29) is 17.8 Å². The van der Waals surface area contributed by atoms with E-state index in [1.54, 1.807) is 17.5 Å². The third-order valence-corrected chi connectivity index (χ3v) is 4.69. The molecule has 1 fully saturated rings. The highest BCUT2D eigenvalue weighted by Crippen LogP contribution is 2.41. The number of carbonyl (C=O) groups excluding carboxylic acids is 1. The predicted molar refractivity (Wildman–Crippen MR) is 73.1 cm³/mol. The predicted octanol–water partition coefficient (Wildman–Crippen LogP) is 1.55. The van der Waals surface area contributed by atoms with Crippen LogP contribution in [0.3, 0.4) is 0 Å².